The number of aromatic nitrogens is 1. The molecule has 1 N–H and O–H groups in total. The van der Waals surface area contributed by atoms with Crippen molar-refractivity contribution < 1.29 is 4.74 Å². The fourth-order valence-corrected chi connectivity index (χ4v) is 2.96. The predicted octanol–water partition coefficient (Wildman–Crippen LogP) is 2.77. The molecule has 0 fully saturated rings. The van der Waals surface area contributed by atoms with Crippen molar-refractivity contribution >= 4 is 11.3 Å². The molecule has 0 saturated heterocycles. The normalized spacial score (nSPS) is 12.4. The second-order valence-electron chi connectivity index (χ2n) is 3.79. The maximum Gasteiger partial charge on any atom is 0.218 e. The van der Waals surface area contributed by atoms with E-state index < -0.39 is 0 Å². The number of aryl methyl sites for hydroxylation is 1. The summed E-state index contributed by atoms with van der Waals surface area (Å²) in [6.45, 7) is 2.12. The predicted molar refractivity (Wildman–Crippen MR) is 70.7 cm³/mol. The van der Waals surface area contributed by atoms with Crippen LogP contribution < -0.4 is 10.1 Å². The molecule has 0 spiro atoms. The number of pyridine rings is 1. The number of nitrogens with zero attached hydrogens (tertiary/aromatic N) is 1. The van der Waals surface area contributed by atoms with Gasteiger partial charge >= 0.3 is 0 Å². The van der Waals surface area contributed by atoms with Crippen LogP contribution in [0.15, 0.2) is 29.8 Å². The first-order valence-electron chi connectivity index (χ1n) is 5.48. The number of thiophene rings is 1. The highest BCUT2D eigenvalue weighted by Gasteiger charge is 2.19. The van der Waals surface area contributed by atoms with Crippen molar-refractivity contribution in [3.05, 3.63) is 45.8 Å². The van der Waals surface area contributed by atoms with Crippen LogP contribution in [0.4, 0.5) is 0 Å². The van der Waals surface area contributed by atoms with Crippen LogP contribution in [-0.2, 0) is 0 Å². The number of methoxy groups -OCH3 is 1. The van der Waals surface area contributed by atoms with Crippen LogP contribution in [0.1, 0.15) is 22.0 Å². The highest BCUT2D eigenvalue weighted by molar-refractivity contribution is 7.10. The fraction of sp³-hybridized carbons (Fsp3) is 0.308. The molecule has 0 aliphatic heterocycles. The molecule has 2 rings (SSSR count). The number of hydrogen-bond donors (Lipinski definition) is 1. The van der Waals surface area contributed by atoms with E-state index in [1.165, 1.54) is 10.4 Å². The van der Waals surface area contributed by atoms with Gasteiger partial charge in [-0.3, -0.25) is 0 Å². The minimum absolute atomic E-state index is 0.138. The van der Waals surface area contributed by atoms with Gasteiger partial charge in [-0.05, 0) is 37.0 Å². The summed E-state index contributed by atoms with van der Waals surface area (Å²) in [5.41, 5.74) is 2.36. The van der Waals surface area contributed by atoms with Crippen molar-refractivity contribution in [2.75, 3.05) is 14.2 Å². The molecule has 1 unspecified atom stereocenters. The van der Waals surface area contributed by atoms with Gasteiger partial charge in [-0.15, -0.1) is 11.3 Å². The first-order chi connectivity index (χ1) is 8.27. The van der Waals surface area contributed by atoms with Gasteiger partial charge in [-0.1, -0.05) is 6.07 Å². The quantitative estimate of drug-likeness (QED) is 0.903. The Morgan fingerprint density at radius 3 is 2.82 bits per heavy atom. The maximum atomic E-state index is 5.32. The molecule has 2 aromatic heterocycles. The highest BCUT2D eigenvalue weighted by Crippen LogP contribution is 2.32. The van der Waals surface area contributed by atoms with E-state index in [1.54, 1.807) is 24.6 Å². The Labute approximate surface area is 105 Å². The number of nitrogens with one attached hydrogen (secondary N) is 1. The second-order valence-corrected chi connectivity index (χ2v) is 4.74. The van der Waals surface area contributed by atoms with Gasteiger partial charge in [0.1, 0.15) is 0 Å². The standard InChI is InChI=1S/C13H16N2OS/c1-9-6-8-17-12(9)11(14-2)10-5-4-7-15-13(10)16-3/h4-8,11,14H,1-3H3. The zero-order chi connectivity index (χ0) is 12.3. The van der Waals surface area contributed by atoms with Crippen LogP contribution in [0, 0.1) is 6.92 Å². The van der Waals surface area contributed by atoms with Crippen LogP contribution >= 0.6 is 11.3 Å². The molecule has 0 amide bonds. The summed E-state index contributed by atoms with van der Waals surface area (Å²) in [7, 11) is 3.61. The van der Waals surface area contributed by atoms with E-state index in [4.69, 9.17) is 4.74 Å². The van der Waals surface area contributed by atoms with Crippen molar-refractivity contribution in [3.63, 3.8) is 0 Å². The van der Waals surface area contributed by atoms with Crippen LogP contribution in [0.3, 0.4) is 0 Å². The number of hydrogen-bond acceptors (Lipinski definition) is 4. The Bertz CT molecular complexity index is 496. The summed E-state index contributed by atoms with van der Waals surface area (Å²) >= 11 is 1.75. The van der Waals surface area contributed by atoms with Crippen LogP contribution in [0.25, 0.3) is 0 Å². The molecular formula is C13H16N2OS. The third kappa shape index (κ3) is 2.33. The molecule has 1 atom stereocenters. The van der Waals surface area contributed by atoms with Gasteiger partial charge in [0.25, 0.3) is 0 Å². The Kier molecular flexibility index (Phi) is 3.76. The van der Waals surface area contributed by atoms with E-state index in [2.05, 4.69) is 28.7 Å². The molecule has 0 radical (unpaired) electrons. The first kappa shape index (κ1) is 12.1. The third-order valence-electron chi connectivity index (χ3n) is 2.76. The molecular weight excluding hydrogens is 232 g/mol. The minimum atomic E-state index is 0.138. The highest BCUT2D eigenvalue weighted by atomic mass is 32.1. The van der Waals surface area contributed by atoms with Crippen LogP contribution in [0.2, 0.25) is 0 Å². The molecule has 4 heteroatoms. The molecule has 0 aliphatic rings. The molecule has 3 nitrogen and oxygen atoms in total. The Hall–Kier alpha value is -1.39. The SMILES string of the molecule is CNC(c1cccnc1OC)c1sccc1C. The first-order valence-corrected chi connectivity index (χ1v) is 6.36. The third-order valence-corrected chi connectivity index (χ3v) is 3.84. The van der Waals surface area contributed by atoms with E-state index in [1.807, 2.05) is 19.2 Å². The van der Waals surface area contributed by atoms with Gasteiger partial charge in [0, 0.05) is 16.6 Å². The average molecular weight is 248 g/mol. The van der Waals surface area contributed by atoms with Crippen molar-refractivity contribution in [1.82, 2.24) is 10.3 Å². The van der Waals surface area contributed by atoms with Crippen molar-refractivity contribution in [1.29, 1.82) is 0 Å². The van der Waals surface area contributed by atoms with Gasteiger partial charge in [-0.2, -0.15) is 0 Å². The summed E-state index contributed by atoms with van der Waals surface area (Å²) in [5.74, 6) is 0.680. The summed E-state index contributed by atoms with van der Waals surface area (Å²) in [5, 5.41) is 5.44. The van der Waals surface area contributed by atoms with E-state index in [0.29, 0.717) is 5.88 Å². The molecule has 0 saturated carbocycles. The lowest BCUT2D eigenvalue weighted by Gasteiger charge is -2.18. The average Bonchev–Trinajstić information content (AvgIpc) is 2.78. The fourth-order valence-electron chi connectivity index (χ4n) is 1.90. The van der Waals surface area contributed by atoms with Gasteiger partial charge < -0.3 is 10.1 Å². The smallest absolute Gasteiger partial charge is 0.218 e. The van der Waals surface area contributed by atoms with Crippen LogP contribution in [-0.4, -0.2) is 19.1 Å². The van der Waals surface area contributed by atoms with Gasteiger partial charge in [0.15, 0.2) is 0 Å². The largest absolute Gasteiger partial charge is 0.481 e. The number of rotatable bonds is 4. The van der Waals surface area contributed by atoms with Gasteiger partial charge in [0.05, 0.1) is 13.2 Å². The number of ether oxygens (including phenoxy) is 1. The zero-order valence-corrected chi connectivity index (χ0v) is 11.0. The molecule has 90 valence electrons. The molecule has 17 heavy (non-hydrogen) atoms. The summed E-state index contributed by atoms with van der Waals surface area (Å²) in [6.07, 6.45) is 1.75. The van der Waals surface area contributed by atoms with E-state index in [0.717, 1.165) is 5.56 Å². The minimum Gasteiger partial charge on any atom is -0.481 e. The van der Waals surface area contributed by atoms with Crippen LogP contribution in [0.5, 0.6) is 5.88 Å². The van der Waals surface area contributed by atoms with Crippen molar-refractivity contribution in [2.45, 2.75) is 13.0 Å². The molecule has 2 aromatic rings. The van der Waals surface area contributed by atoms with Gasteiger partial charge in [0.2, 0.25) is 5.88 Å². The summed E-state index contributed by atoms with van der Waals surface area (Å²) < 4.78 is 5.32. The van der Waals surface area contributed by atoms with E-state index in [-0.39, 0.29) is 6.04 Å². The monoisotopic (exact) mass is 248 g/mol. The van der Waals surface area contributed by atoms with E-state index in [9.17, 15) is 0 Å². The summed E-state index contributed by atoms with van der Waals surface area (Å²) in [4.78, 5) is 5.55. The van der Waals surface area contributed by atoms with Gasteiger partial charge in [-0.25, -0.2) is 4.98 Å². The molecule has 0 aliphatic carbocycles. The molecule has 2 heterocycles. The van der Waals surface area contributed by atoms with E-state index >= 15 is 0 Å². The Balaban J connectivity index is 2.46. The lowest BCUT2D eigenvalue weighted by Crippen LogP contribution is -2.18. The Morgan fingerprint density at radius 1 is 1.41 bits per heavy atom. The summed E-state index contributed by atoms with van der Waals surface area (Å²) in [6, 6.07) is 6.25. The lowest BCUT2D eigenvalue weighted by molar-refractivity contribution is 0.388. The molecule has 0 bridgehead atoms. The lowest BCUT2D eigenvalue weighted by atomic mass is 10.0. The van der Waals surface area contributed by atoms with Crippen molar-refractivity contribution in [3.8, 4) is 5.88 Å². The zero-order valence-electron chi connectivity index (χ0n) is 10.2. The topological polar surface area (TPSA) is 34.2 Å². The molecule has 0 aromatic carbocycles. The maximum absolute atomic E-state index is 5.32. The Morgan fingerprint density at radius 2 is 2.24 bits per heavy atom. The second kappa shape index (κ2) is 5.29. The van der Waals surface area contributed by atoms with Crippen molar-refractivity contribution in [2.24, 2.45) is 0 Å².